The van der Waals surface area contributed by atoms with Crippen LogP contribution in [0.3, 0.4) is 0 Å². The van der Waals surface area contributed by atoms with Gasteiger partial charge >= 0.3 is 0 Å². The molecule has 0 aromatic heterocycles. The molecule has 1 aliphatic heterocycles. The Bertz CT molecular complexity index is 580. The zero-order valence-electron chi connectivity index (χ0n) is 13.0. The molecule has 1 unspecified atom stereocenters. The number of hydrogen-bond donors (Lipinski definition) is 2. The first-order valence-electron chi connectivity index (χ1n) is 7.48. The number of amides is 2. The summed E-state index contributed by atoms with van der Waals surface area (Å²) < 4.78 is 0. The maximum Gasteiger partial charge on any atom is 0.240 e. The molecule has 2 amide bonds. The van der Waals surface area contributed by atoms with Crippen LogP contribution in [-0.2, 0) is 9.59 Å². The Balaban J connectivity index is 2.19. The van der Waals surface area contributed by atoms with E-state index in [1.165, 1.54) is 0 Å². The summed E-state index contributed by atoms with van der Waals surface area (Å²) in [4.78, 5) is 24.7. The molecule has 1 aromatic carbocycles. The van der Waals surface area contributed by atoms with Gasteiger partial charge in [-0.15, -0.1) is 0 Å². The van der Waals surface area contributed by atoms with Crippen LogP contribution in [0.4, 0.5) is 5.69 Å². The molecular formula is C16H22N4O2. The largest absolute Gasteiger partial charge is 0.330 e. The van der Waals surface area contributed by atoms with Crippen LogP contribution in [-0.4, -0.2) is 30.6 Å². The number of carbonyl (C=O) groups is 2. The van der Waals surface area contributed by atoms with Crippen LogP contribution in [0.25, 0.3) is 0 Å². The third-order valence-electron chi connectivity index (χ3n) is 3.70. The number of nitrogens with zero attached hydrogens (tertiary/aromatic N) is 2. The van der Waals surface area contributed by atoms with E-state index < -0.39 is 0 Å². The van der Waals surface area contributed by atoms with Crippen molar-refractivity contribution in [2.24, 2.45) is 16.8 Å². The predicted molar refractivity (Wildman–Crippen MR) is 86.6 cm³/mol. The summed E-state index contributed by atoms with van der Waals surface area (Å²) in [6.45, 7) is 4.69. The van der Waals surface area contributed by atoms with Crippen LogP contribution in [0.1, 0.15) is 32.3 Å². The van der Waals surface area contributed by atoms with Gasteiger partial charge in [-0.25, -0.2) is 5.43 Å². The van der Waals surface area contributed by atoms with Crippen molar-refractivity contribution in [2.75, 3.05) is 18.0 Å². The Hall–Kier alpha value is -2.21. The number of nitrogens with one attached hydrogen (secondary N) is 1. The minimum Gasteiger partial charge on any atom is -0.330 e. The Labute approximate surface area is 130 Å². The van der Waals surface area contributed by atoms with Gasteiger partial charge in [-0.05, 0) is 30.7 Å². The van der Waals surface area contributed by atoms with Crippen LogP contribution in [0.15, 0.2) is 29.4 Å². The quantitative estimate of drug-likeness (QED) is 0.858. The lowest BCUT2D eigenvalue weighted by molar-refractivity contribution is -0.122. The fourth-order valence-electron chi connectivity index (χ4n) is 2.53. The molecule has 0 bridgehead atoms. The van der Waals surface area contributed by atoms with E-state index in [0.29, 0.717) is 19.5 Å². The minimum atomic E-state index is -0.0580. The minimum absolute atomic E-state index is 0.00293. The third kappa shape index (κ3) is 3.71. The first-order valence-corrected chi connectivity index (χ1v) is 7.48. The second-order valence-electron chi connectivity index (χ2n) is 5.50. The predicted octanol–water partition coefficient (Wildman–Crippen LogP) is 1.25. The molecule has 0 aliphatic carbocycles. The number of anilines is 1. The van der Waals surface area contributed by atoms with Crippen molar-refractivity contribution in [2.45, 2.75) is 26.7 Å². The van der Waals surface area contributed by atoms with E-state index in [2.05, 4.69) is 10.5 Å². The van der Waals surface area contributed by atoms with E-state index in [4.69, 9.17) is 5.73 Å². The van der Waals surface area contributed by atoms with Gasteiger partial charge in [-0.1, -0.05) is 19.1 Å². The number of hydrazone groups is 1. The number of nitrogens with two attached hydrogens (primary N) is 1. The summed E-state index contributed by atoms with van der Waals surface area (Å²) in [7, 11) is 0. The van der Waals surface area contributed by atoms with E-state index in [1.807, 2.05) is 31.2 Å². The highest BCUT2D eigenvalue weighted by molar-refractivity contribution is 6.06. The van der Waals surface area contributed by atoms with Gasteiger partial charge in [0, 0.05) is 31.5 Å². The van der Waals surface area contributed by atoms with Gasteiger partial charge in [-0.3, -0.25) is 9.59 Å². The van der Waals surface area contributed by atoms with Crippen molar-refractivity contribution in [1.82, 2.24) is 5.43 Å². The van der Waals surface area contributed by atoms with E-state index in [0.717, 1.165) is 23.4 Å². The Morgan fingerprint density at radius 2 is 2.09 bits per heavy atom. The van der Waals surface area contributed by atoms with Crippen LogP contribution < -0.4 is 16.1 Å². The van der Waals surface area contributed by atoms with Gasteiger partial charge in [0.1, 0.15) is 0 Å². The molecule has 1 atom stereocenters. The summed E-state index contributed by atoms with van der Waals surface area (Å²) in [5.41, 5.74) is 10.7. The van der Waals surface area contributed by atoms with E-state index in [-0.39, 0.29) is 17.7 Å². The van der Waals surface area contributed by atoms with Gasteiger partial charge in [-0.2, -0.15) is 5.10 Å². The van der Waals surface area contributed by atoms with E-state index >= 15 is 0 Å². The van der Waals surface area contributed by atoms with E-state index in [9.17, 15) is 9.59 Å². The molecule has 2 rings (SSSR count). The number of hydrogen-bond acceptors (Lipinski definition) is 4. The summed E-state index contributed by atoms with van der Waals surface area (Å²) in [5.74, 6) is 0.0231. The van der Waals surface area contributed by atoms with Crippen LogP contribution in [0, 0.1) is 5.92 Å². The van der Waals surface area contributed by atoms with Crippen molar-refractivity contribution in [1.29, 1.82) is 0 Å². The van der Waals surface area contributed by atoms with Gasteiger partial charge in [0.2, 0.25) is 11.8 Å². The normalized spacial score (nSPS) is 17.7. The van der Waals surface area contributed by atoms with Crippen LogP contribution in [0.2, 0.25) is 0 Å². The summed E-state index contributed by atoms with van der Waals surface area (Å²) >= 11 is 0. The lowest BCUT2D eigenvalue weighted by Gasteiger charge is -2.22. The zero-order valence-corrected chi connectivity index (χ0v) is 13.0. The van der Waals surface area contributed by atoms with Crippen molar-refractivity contribution >= 4 is 23.2 Å². The molecule has 6 heteroatoms. The highest BCUT2D eigenvalue weighted by atomic mass is 16.2. The Kier molecular flexibility index (Phi) is 5.27. The molecule has 1 aliphatic rings. The van der Waals surface area contributed by atoms with E-state index in [1.54, 1.807) is 11.8 Å². The van der Waals surface area contributed by atoms with Crippen molar-refractivity contribution < 1.29 is 9.59 Å². The van der Waals surface area contributed by atoms with Gasteiger partial charge < -0.3 is 10.6 Å². The Morgan fingerprint density at radius 3 is 2.64 bits per heavy atom. The SMILES string of the molecule is CC(=O)N(CCCN)c1ccc(C2=NNC(=O)CC2C)cc1. The first-order chi connectivity index (χ1) is 10.5. The maximum atomic E-state index is 11.7. The van der Waals surface area contributed by atoms with Gasteiger partial charge in [0.05, 0.1) is 5.71 Å². The molecule has 118 valence electrons. The molecule has 0 fully saturated rings. The highest BCUT2D eigenvalue weighted by Gasteiger charge is 2.21. The number of benzene rings is 1. The van der Waals surface area contributed by atoms with Crippen molar-refractivity contribution in [3.8, 4) is 0 Å². The molecule has 0 spiro atoms. The fourth-order valence-corrected chi connectivity index (χ4v) is 2.53. The highest BCUT2D eigenvalue weighted by Crippen LogP contribution is 2.20. The molecule has 6 nitrogen and oxygen atoms in total. The van der Waals surface area contributed by atoms with Crippen molar-refractivity contribution in [3.63, 3.8) is 0 Å². The smallest absolute Gasteiger partial charge is 0.240 e. The lowest BCUT2D eigenvalue weighted by Crippen LogP contribution is -2.32. The Morgan fingerprint density at radius 1 is 1.41 bits per heavy atom. The topological polar surface area (TPSA) is 87.8 Å². The monoisotopic (exact) mass is 302 g/mol. The number of carbonyl (C=O) groups excluding carboxylic acids is 2. The molecule has 22 heavy (non-hydrogen) atoms. The molecule has 3 N–H and O–H groups in total. The van der Waals surface area contributed by atoms with Gasteiger partial charge in [0.25, 0.3) is 0 Å². The summed E-state index contributed by atoms with van der Waals surface area (Å²) in [6, 6.07) is 7.67. The molecule has 0 saturated carbocycles. The first kappa shape index (κ1) is 16.2. The molecule has 1 heterocycles. The maximum absolute atomic E-state index is 11.7. The standard InChI is InChI=1S/C16H22N4O2/c1-11-10-15(22)18-19-16(11)13-4-6-14(7-5-13)20(12(2)21)9-3-8-17/h4-7,11H,3,8-10,17H2,1-2H3,(H,18,22). The van der Waals surface area contributed by atoms with Gasteiger partial charge in [0.15, 0.2) is 0 Å². The molecule has 0 radical (unpaired) electrons. The molecular weight excluding hydrogens is 280 g/mol. The van der Waals surface area contributed by atoms with Crippen molar-refractivity contribution in [3.05, 3.63) is 29.8 Å². The second-order valence-corrected chi connectivity index (χ2v) is 5.50. The summed E-state index contributed by atoms with van der Waals surface area (Å²) in [5, 5.41) is 4.14. The molecule has 1 aromatic rings. The fraction of sp³-hybridized carbons (Fsp3) is 0.438. The number of rotatable bonds is 5. The third-order valence-corrected chi connectivity index (χ3v) is 3.70. The van der Waals surface area contributed by atoms with Crippen LogP contribution in [0.5, 0.6) is 0 Å². The average molecular weight is 302 g/mol. The average Bonchev–Trinajstić information content (AvgIpc) is 2.48. The lowest BCUT2D eigenvalue weighted by atomic mass is 9.94. The molecule has 0 saturated heterocycles. The summed E-state index contributed by atoms with van der Waals surface area (Å²) in [6.07, 6.45) is 1.20. The van der Waals surface area contributed by atoms with Crippen LogP contribution >= 0.6 is 0 Å². The second kappa shape index (κ2) is 7.17. The zero-order chi connectivity index (χ0) is 16.1.